The smallest absolute Gasteiger partial charge is 0.339 e. The lowest BCUT2D eigenvalue weighted by Gasteiger charge is -2.20. The van der Waals surface area contributed by atoms with E-state index in [2.05, 4.69) is 5.32 Å². The van der Waals surface area contributed by atoms with Crippen LogP contribution in [0.25, 0.3) is 0 Å². The zero-order chi connectivity index (χ0) is 13.7. The largest absolute Gasteiger partial charge is 0.478 e. The predicted octanol–water partition coefficient (Wildman–Crippen LogP) is 0.934. The van der Waals surface area contributed by atoms with Crippen LogP contribution in [0.2, 0.25) is 0 Å². The van der Waals surface area contributed by atoms with Gasteiger partial charge in [-0.25, -0.2) is 4.79 Å². The third-order valence-corrected chi connectivity index (χ3v) is 2.77. The molecule has 0 aromatic carbocycles. The van der Waals surface area contributed by atoms with E-state index in [1.54, 1.807) is 18.9 Å². The normalized spacial score (nSPS) is 12.2. The predicted molar refractivity (Wildman–Crippen MR) is 65.3 cm³/mol. The molecule has 2 N–H and O–H groups in total. The molecule has 6 heteroatoms. The number of likely N-dealkylation sites (N-methyl/N-ethyl adjacent to an activating group) is 1. The minimum atomic E-state index is -1.04. The molecule has 6 nitrogen and oxygen atoms in total. The maximum atomic E-state index is 11.8. The van der Waals surface area contributed by atoms with Gasteiger partial charge in [0.1, 0.15) is 11.3 Å². The highest BCUT2D eigenvalue weighted by Gasteiger charge is 2.18. The first-order chi connectivity index (χ1) is 8.47. The van der Waals surface area contributed by atoms with Gasteiger partial charge in [-0.3, -0.25) is 10.1 Å². The van der Waals surface area contributed by atoms with Gasteiger partial charge in [0.15, 0.2) is 0 Å². The first-order valence-corrected chi connectivity index (χ1v) is 5.75. The Morgan fingerprint density at radius 3 is 2.78 bits per heavy atom. The summed E-state index contributed by atoms with van der Waals surface area (Å²) >= 11 is 0. The van der Waals surface area contributed by atoms with Crippen molar-refractivity contribution in [3.63, 3.8) is 0 Å². The maximum Gasteiger partial charge on any atom is 0.339 e. The molecule has 1 atom stereocenters. The van der Waals surface area contributed by atoms with Gasteiger partial charge in [0.05, 0.1) is 18.8 Å². The molecule has 1 rings (SSSR count). The van der Waals surface area contributed by atoms with Gasteiger partial charge in [0.25, 0.3) is 0 Å². The fourth-order valence-corrected chi connectivity index (χ4v) is 1.49. The van der Waals surface area contributed by atoms with Crippen LogP contribution in [-0.4, -0.2) is 41.5 Å². The SMILES string of the molecule is CCN(C)C(=O)C(C)NCc1occc1C(=O)O. The van der Waals surface area contributed by atoms with Gasteiger partial charge in [-0.2, -0.15) is 0 Å². The fraction of sp³-hybridized carbons (Fsp3) is 0.500. The second-order valence-corrected chi connectivity index (χ2v) is 4.02. The number of hydrogen-bond acceptors (Lipinski definition) is 4. The van der Waals surface area contributed by atoms with Crippen LogP contribution in [0.4, 0.5) is 0 Å². The van der Waals surface area contributed by atoms with Crippen LogP contribution in [0.1, 0.15) is 30.0 Å². The number of nitrogens with one attached hydrogen (secondary N) is 1. The average Bonchev–Trinajstić information content (AvgIpc) is 2.82. The quantitative estimate of drug-likeness (QED) is 0.789. The van der Waals surface area contributed by atoms with Crippen LogP contribution in [0.15, 0.2) is 16.7 Å². The second-order valence-electron chi connectivity index (χ2n) is 4.02. The molecule has 1 unspecified atom stereocenters. The summed E-state index contributed by atoms with van der Waals surface area (Å²) in [6.45, 7) is 4.46. The molecule has 0 radical (unpaired) electrons. The van der Waals surface area contributed by atoms with Crippen molar-refractivity contribution < 1.29 is 19.1 Å². The lowest BCUT2D eigenvalue weighted by molar-refractivity contribution is -0.131. The van der Waals surface area contributed by atoms with Gasteiger partial charge in [-0.05, 0) is 19.9 Å². The molecule has 0 aliphatic carbocycles. The van der Waals surface area contributed by atoms with Crippen LogP contribution in [0, 0.1) is 0 Å². The van der Waals surface area contributed by atoms with Gasteiger partial charge in [-0.1, -0.05) is 0 Å². The van der Waals surface area contributed by atoms with Gasteiger partial charge in [-0.15, -0.1) is 0 Å². The number of rotatable bonds is 6. The third kappa shape index (κ3) is 3.33. The van der Waals surface area contributed by atoms with Crippen molar-refractivity contribution in [1.29, 1.82) is 0 Å². The number of carboxylic acid groups (broad SMARTS) is 1. The summed E-state index contributed by atoms with van der Waals surface area (Å²) in [5, 5.41) is 11.8. The molecule has 0 fully saturated rings. The number of nitrogens with zero attached hydrogens (tertiary/aromatic N) is 1. The van der Waals surface area contributed by atoms with Gasteiger partial charge >= 0.3 is 5.97 Å². The average molecular weight is 254 g/mol. The van der Waals surface area contributed by atoms with Crippen molar-refractivity contribution in [3.05, 3.63) is 23.7 Å². The maximum absolute atomic E-state index is 11.8. The molecule has 18 heavy (non-hydrogen) atoms. The Balaban J connectivity index is 2.57. The number of amides is 1. The standard InChI is InChI=1S/C12H18N2O4/c1-4-14(3)11(15)8(2)13-7-10-9(12(16)17)5-6-18-10/h5-6,8,13H,4,7H2,1-3H3,(H,16,17). The molecule has 1 heterocycles. The van der Waals surface area contributed by atoms with E-state index in [0.717, 1.165) is 0 Å². The van der Waals surface area contributed by atoms with Crippen molar-refractivity contribution in [2.24, 2.45) is 0 Å². The number of furan rings is 1. The fourth-order valence-electron chi connectivity index (χ4n) is 1.49. The van der Waals surface area contributed by atoms with Gasteiger partial charge in [0.2, 0.25) is 5.91 Å². The number of hydrogen-bond donors (Lipinski definition) is 2. The lowest BCUT2D eigenvalue weighted by atomic mass is 10.2. The zero-order valence-corrected chi connectivity index (χ0v) is 10.8. The number of carboxylic acids is 1. The van der Waals surface area contributed by atoms with Crippen molar-refractivity contribution in [2.45, 2.75) is 26.4 Å². The molecule has 1 aromatic heterocycles. The Morgan fingerprint density at radius 1 is 1.56 bits per heavy atom. The Bertz CT molecular complexity index is 427. The Labute approximate surface area is 106 Å². The molecule has 1 amide bonds. The van der Waals surface area contributed by atoms with Crippen LogP contribution in [0.3, 0.4) is 0 Å². The summed E-state index contributed by atoms with van der Waals surface area (Å²) in [6, 6.07) is 1.01. The first-order valence-electron chi connectivity index (χ1n) is 5.75. The van der Waals surface area contributed by atoms with Crippen LogP contribution < -0.4 is 5.32 Å². The number of carbonyl (C=O) groups excluding carboxylic acids is 1. The van der Waals surface area contributed by atoms with Gasteiger partial charge in [0, 0.05) is 13.6 Å². The van der Waals surface area contributed by atoms with E-state index < -0.39 is 5.97 Å². The Morgan fingerprint density at radius 2 is 2.22 bits per heavy atom. The summed E-state index contributed by atoms with van der Waals surface area (Å²) in [5.74, 6) is -0.757. The van der Waals surface area contributed by atoms with E-state index in [-0.39, 0.29) is 24.1 Å². The van der Waals surface area contributed by atoms with E-state index in [0.29, 0.717) is 12.3 Å². The minimum absolute atomic E-state index is 0.0408. The summed E-state index contributed by atoms with van der Waals surface area (Å²) in [6.07, 6.45) is 1.32. The number of carbonyl (C=O) groups is 2. The topological polar surface area (TPSA) is 82.8 Å². The highest BCUT2D eigenvalue weighted by atomic mass is 16.4. The molecule has 0 aliphatic heterocycles. The van der Waals surface area contributed by atoms with E-state index in [1.165, 1.54) is 12.3 Å². The van der Waals surface area contributed by atoms with Crippen LogP contribution in [-0.2, 0) is 11.3 Å². The molecule has 0 spiro atoms. The summed E-state index contributed by atoms with van der Waals surface area (Å²) < 4.78 is 5.07. The minimum Gasteiger partial charge on any atom is -0.478 e. The highest BCUT2D eigenvalue weighted by molar-refractivity contribution is 5.88. The molecule has 1 aromatic rings. The van der Waals surface area contributed by atoms with Crippen LogP contribution >= 0.6 is 0 Å². The van der Waals surface area contributed by atoms with Crippen molar-refractivity contribution >= 4 is 11.9 Å². The highest BCUT2D eigenvalue weighted by Crippen LogP contribution is 2.10. The second kappa shape index (κ2) is 6.20. The van der Waals surface area contributed by atoms with E-state index in [4.69, 9.17) is 9.52 Å². The summed E-state index contributed by atoms with van der Waals surface area (Å²) in [5.41, 5.74) is 0.117. The summed E-state index contributed by atoms with van der Waals surface area (Å²) in [4.78, 5) is 24.2. The Hall–Kier alpha value is -1.82. The molecule has 0 saturated carbocycles. The third-order valence-electron chi connectivity index (χ3n) is 2.77. The van der Waals surface area contributed by atoms with E-state index in [9.17, 15) is 9.59 Å². The van der Waals surface area contributed by atoms with Crippen LogP contribution in [0.5, 0.6) is 0 Å². The lowest BCUT2D eigenvalue weighted by Crippen LogP contribution is -2.42. The first kappa shape index (κ1) is 14.2. The molecule has 0 aliphatic rings. The van der Waals surface area contributed by atoms with E-state index >= 15 is 0 Å². The Kier molecular flexibility index (Phi) is 4.91. The number of aromatic carboxylic acids is 1. The van der Waals surface area contributed by atoms with Crippen molar-refractivity contribution in [3.8, 4) is 0 Å². The molecular formula is C12H18N2O4. The van der Waals surface area contributed by atoms with Crippen molar-refractivity contribution in [1.82, 2.24) is 10.2 Å². The molecule has 0 bridgehead atoms. The van der Waals surface area contributed by atoms with E-state index in [1.807, 2.05) is 6.92 Å². The van der Waals surface area contributed by atoms with Crippen molar-refractivity contribution in [2.75, 3.05) is 13.6 Å². The summed E-state index contributed by atoms with van der Waals surface area (Å²) in [7, 11) is 1.72. The monoisotopic (exact) mass is 254 g/mol. The molecular weight excluding hydrogens is 236 g/mol. The zero-order valence-electron chi connectivity index (χ0n) is 10.8. The van der Waals surface area contributed by atoms with Gasteiger partial charge < -0.3 is 14.4 Å². The molecule has 0 saturated heterocycles. The molecule has 100 valence electrons.